The Morgan fingerprint density at radius 3 is 2.84 bits per heavy atom. The Labute approximate surface area is 147 Å². The van der Waals surface area contributed by atoms with Gasteiger partial charge >= 0.3 is 0 Å². The number of aromatic nitrogens is 2. The number of nitrogens with zero attached hydrogens (tertiary/aromatic N) is 3. The van der Waals surface area contributed by atoms with Gasteiger partial charge in [0, 0.05) is 12.2 Å². The number of nitrogens with two attached hydrogens (primary N) is 1. The molecule has 0 radical (unpaired) electrons. The van der Waals surface area contributed by atoms with Gasteiger partial charge in [0.2, 0.25) is 5.95 Å². The average molecular weight is 344 g/mol. The van der Waals surface area contributed by atoms with Gasteiger partial charge in [-0.2, -0.15) is 5.10 Å². The Morgan fingerprint density at radius 1 is 1.36 bits per heavy atom. The molecule has 25 heavy (non-hydrogen) atoms. The van der Waals surface area contributed by atoms with Crippen LogP contribution in [0.5, 0.6) is 0 Å². The molecular weight excluding hydrogens is 319 g/mol. The van der Waals surface area contributed by atoms with E-state index in [9.17, 15) is 4.39 Å². The normalized spacial score (nSPS) is 15.9. The van der Waals surface area contributed by atoms with Gasteiger partial charge in [-0.1, -0.05) is 31.4 Å². The zero-order chi connectivity index (χ0) is 17.6. The molecule has 6 heteroatoms. The smallest absolute Gasteiger partial charge is 0.221 e. The number of rotatable bonds is 6. The predicted octanol–water partition coefficient (Wildman–Crippen LogP) is 3.89. The number of ether oxygens (including phenoxy) is 1. The number of aryl methyl sites for hydroxylation is 1. The zero-order valence-electron chi connectivity index (χ0n) is 14.6. The number of nitrogen functional groups attached to an aromatic ring is 1. The van der Waals surface area contributed by atoms with Gasteiger partial charge in [0.25, 0.3) is 0 Å². The molecule has 1 heterocycles. The van der Waals surface area contributed by atoms with Crippen LogP contribution in [0.1, 0.15) is 48.9 Å². The van der Waals surface area contributed by atoms with Crippen LogP contribution in [0.2, 0.25) is 0 Å². The summed E-state index contributed by atoms with van der Waals surface area (Å²) >= 11 is 0. The van der Waals surface area contributed by atoms with E-state index in [2.05, 4.69) is 10.1 Å². The van der Waals surface area contributed by atoms with Crippen molar-refractivity contribution in [2.45, 2.75) is 45.6 Å². The Balaban J connectivity index is 1.55. The SMILES string of the molecule is Cc1cn(N=Cc2ccc(COCC3CCCCC3)c(F)c2)c(N)n1. The lowest BCUT2D eigenvalue weighted by molar-refractivity contribution is 0.0723. The van der Waals surface area contributed by atoms with E-state index in [1.807, 2.05) is 13.0 Å². The van der Waals surface area contributed by atoms with Crippen LogP contribution in [0.25, 0.3) is 0 Å². The molecule has 0 bridgehead atoms. The van der Waals surface area contributed by atoms with Gasteiger partial charge in [0.1, 0.15) is 5.82 Å². The van der Waals surface area contributed by atoms with Gasteiger partial charge in [-0.25, -0.2) is 14.1 Å². The summed E-state index contributed by atoms with van der Waals surface area (Å²) in [4.78, 5) is 4.06. The predicted molar refractivity (Wildman–Crippen MR) is 97.0 cm³/mol. The molecule has 5 nitrogen and oxygen atoms in total. The molecule has 2 N–H and O–H groups in total. The van der Waals surface area contributed by atoms with Crippen LogP contribution in [0.15, 0.2) is 29.5 Å². The third-order valence-electron chi connectivity index (χ3n) is 4.58. The van der Waals surface area contributed by atoms with Gasteiger partial charge in [0.05, 0.1) is 24.7 Å². The van der Waals surface area contributed by atoms with E-state index < -0.39 is 0 Å². The molecule has 0 aliphatic heterocycles. The van der Waals surface area contributed by atoms with E-state index in [1.54, 1.807) is 18.5 Å². The monoisotopic (exact) mass is 344 g/mol. The van der Waals surface area contributed by atoms with Crippen molar-refractivity contribution in [2.75, 3.05) is 12.3 Å². The number of imidazole rings is 1. The van der Waals surface area contributed by atoms with Crippen molar-refractivity contribution >= 4 is 12.2 Å². The molecule has 1 aliphatic carbocycles. The van der Waals surface area contributed by atoms with Gasteiger partial charge in [-0.15, -0.1) is 0 Å². The van der Waals surface area contributed by atoms with Gasteiger partial charge in [-0.05, 0) is 37.3 Å². The van der Waals surface area contributed by atoms with Crippen LogP contribution in [-0.4, -0.2) is 22.5 Å². The molecule has 0 unspecified atom stereocenters. The third-order valence-corrected chi connectivity index (χ3v) is 4.58. The number of halogens is 1. The molecule has 1 aromatic heterocycles. The zero-order valence-corrected chi connectivity index (χ0v) is 14.6. The lowest BCUT2D eigenvalue weighted by atomic mass is 9.90. The quantitative estimate of drug-likeness (QED) is 0.809. The fourth-order valence-electron chi connectivity index (χ4n) is 3.18. The van der Waals surface area contributed by atoms with E-state index in [-0.39, 0.29) is 5.82 Å². The number of anilines is 1. The minimum atomic E-state index is -0.276. The highest BCUT2D eigenvalue weighted by molar-refractivity contribution is 5.79. The maximum Gasteiger partial charge on any atom is 0.221 e. The van der Waals surface area contributed by atoms with Crippen molar-refractivity contribution in [3.05, 3.63) is 47.0 Å². The lowest BCUT2D eigenvalue weighted by Gasteiger charge is -2.21. The van der Waals surface area contributed by atoms with Crippen molar-refractivity contribution in [2.24, 2.45) is 11.0 Å². The number of hydrogen-bond donors (Lipinski definition) is 1. The highest BCUT2D eigenvalue weighted by atomic mass is 19.1. The van der Waals surface area contributed by atoms with Crippen LogP contribution in [0.4, 0.5) is 10.3 Å². The molecule has 1 fully saturated rings. The summed E-state index contributed by atoms with van der Waals surface area (Å²) in [5.41, 5.74) is 7.75. The fraction of sp³-hybridized carbons (Fsp3) is 0.474. The summed E-state index contributed by atoms with van der Waals surface area (Å²) in [7, 11) is 0. The molecule has 0 amide bonds. The minimum Gasteiger partial charge on any atom is -0.376 e. The summed E-state index contributed by atoms with van der Waals surface area (Å²) in [6.45, 7) is 2.87. The van der Waals surface area contributed by atoms with Crippen molar-refractivity contribution in [3.63, 3.8) is 0 Å². The molecule has 1 aromatic carbocycles. The highest BCUT2D eigenvalue weighted by Gasteiger charge is 2.13. The maximum absolute atomic E-state index is 14.2. The van der Waals surface area contributed by atoms with Crippen LogP contribution < -0.4 is 5.73 Å². The van der Waals surface area contributed by atoms with Crippen molar-refractivity contribution < 1.29 is 9.13 Å². The van der Waals surface area contributed by atoms with E-state index >= 15 is 0 Å². The summed E-state index contributed by atoms with van der Waals surface area (Å²) in [6.07, 6.45) is 9.65. The van der Waals surface area contributed by atoms with Crippen LogP contribution >= 0.6 is 0 Å². The number of benzene rings is 1. The van der Waals surface area contributed by atoms with Crippen molar-refractivity contribution in [1.82, 2.24) is 9.66 Å². The third kappa shape index (κ3) is 4.89. The molecule has 3 rings (SSSR count). The molecule has 0 saturated heterocycles. The standard InChI is InChI=1S/C19H25FN4O/c1-14-11-24(19(21)23-14)22-10-16-7-8-17(18(20)9-16)13-25-12-15-5-3-2-4-6-15/h7-11,15H,2-6,12-13H2,1H3,(H2,21,23). The number of hydrogen-bond acceptors (Lipinski definition) is 4. The second kappa shape index (κ2) is 8.25. The van der Waals surface area contributed by atoms with Crippen LogP contribution in [-0.2, 0) is 11.3 Å². The summed E-state index contributed by atoms with van der Waals surface area (Å²) < 4.78 is 21.4. The van der Waals surface area contributed by atoms with E-state index in [1.165, 1.54) is 42.8 Å². The first-order chi connectivity index (χ1) is 12.1. The molecule has 1 aliphatic rings. The topological polar surface area (TPSA) is 65.4 Å². The second-order valence-electron chi connectivity index (χ2n) is 6.70. The first-order valence-corrected chi connectivity index (χ1v) is 8.84. The van der Waals surface area contributed by atoms with Gasteiger partial charge < -0.3 is 10.5 Å². The van der Waals surface area contributed by atoms with Crippen molar-refractivity contribution in [3.8, 4) is 0 Å². The second-order valence-corrected chi connectivity index (χ2v) is 6.70. The van der Waals surface area contributed by atoms with Crippen LogP contribution in [0, 0.1) is 18.7 Å². The first-order valence-electron chi connectivity index (χ1n) is 8.84. The summed E-state index contributed by atoms with van der Waals surface area (Å²) in [5, 5.41) is 4.20. The maximum atomic E-state index is 14.2. The Bertz CT molecular complexity index is 735. The van der Waals surface area contributed by atoms with Gasteiger partial charge in [0.15, 0.2) is 0 Å². The first kappa shape index (κ1) is 17.6. The summed E-state index contributed by atoms with van der Waals surface area (Å²) in [6, 6.07) is 5.04. The molecule has 2 aromatic rings. The molecule has 0 atom stereocenters. The molecular formula is C19H25FN4O. The van der Waals surface area contributed by atoms with E-state index in [0.29, 0.717) is 29.6 Å². The lowest BCUT2D eigenvalue weighted by Crippen LogP contribution is -2.13. The Kier molecular flexibility index (Phi) is 5.81. The summed E-state index contributed by atoms with van der Waals surface area (Å²) in [5.74, 6) is 0.664. The Hall–Kier alpha value is -2.21. The molecule has 134 valence electrons. The molecule has 0 spiro atoms. The van der Waals surface area contributed by atoms with Crippen molar-refractivity contribution in [1.29, 1.82) is 0 Å². The largest absolute Gasteiger partial charge is 0.376 e. The minimum absolute atomic E-state index is 0.276. The van der Waals surface area contributed by atoms with Gasteiger partial charge in [-0.3, -0.25) is 0 Å². The highest BCUT2D eigenvalue weighted by Crippen LogP contribution is 2.24. The van der Waals surface area contributed by atoms with E-state index in [4.69, 9.17) is 10.5 Å². The van der Waals surface area contributed by atoms with Crippen LogP contribution in [0.3, 0.4) is 0 Å². The van der Waals surface area contributed by atoms with E-state index in [0.717, 1.165) is 12.3 Å². The molecule has 1 saturated carbocycles. The average Bonchev–Trinajstić information content (AvgIpc) is 2.93. The fourth-order valence-corrected chi connectivity index (χ4v) is 3.18. The Morgan fingerprint density at radius 2 is 2.16 bits per heavy atom.